The first-order chi connectivity index (χ1) is 14.8. The summed E-state index contributed by atoms with van der Waals surface area (Å²) in [6, 6.07) is 26.7. The van der Waals surface area contributed by atoms with E-state index in [9.17, 15) is 0 Å². The van der Waals surface area contributed by atoms with Crippen LogP contribution in [0.1, 0.15) is 5.56 Å². The fraction of sp³-hybridized carbons (Fsp3) is 0.0385. The highest BCUT2D eigenvalue weighted by molar-refractivity contribution is 6.00. The molecule has 4 nitrogen and oxygen atoms in total. The van der Waals surface area contributed by atoms with Crippen LogP contribution in [0.4, 0.5) is 11.4 Å². The number of hydrogen-bond donors (Lipinski definition) is 1. The largest absolute Gasteiger partial charge is 0.355 e. The lowest BCUT2D eigenvalue weighted by atomic mass is 9.99. The maximum absolute atomic E-state index is 8.85. The number of nitrogens with zero attached hydrogens (tertiary/aromatic N) is 3. The first kappa shape index (κ1) is 17.8. The fourth-order valence-corrected chi connectivity index (χ4v) is 3.72. The third-order valence-electron chi connectivity index (χ3n) is 5.24. The summed E-state index contributed by atoms with van der Waals surface area (Å²) in [5, 5.41) is 15.7. The second-order valence-electron chi connectivity index (χ2n) is 7.16. The molecule has 5 aromatic rings. The van der Waals surface area contributed by atoms with E-state index in [1.54, 1.807) is 0 Å². The summed E-state index contributed by atoms with van der Waals surface area (Å²) in [7, 11) is 0. The van der Waals surface area contributed by atoms with E-state index in [0.29, 0.717) is 6.42 Å². The zero-order chi connectivity index (χ0) is 20.3. The monoisotopic (exact) mass is 386 g/mol. The summed E-state index contributed by atoms with van der Waals surface area (Å²) < 4.78 is 0. The number of aromatic nitrogens is 2. The summed E-state index contributed by atoms with van der Waals surface area (Å²) in [6.45, 7) is 0. The smallest absolute Gasteiger partial charge is 0.0723 e. The van der Waals surface area contributed by atoms with Gasteiger partial charge in [0, 0.05) is 46.3 Å². The van der Waals surface area contributed by atoms with Crippen molar-refractivity contribution in [3.8, 4) is 17.2 Å². The van der Waals surface area contributed by atoms with E-state index in [-0.39, 0.29) is 0 Å². The van der Waals surface area contributed by atoms with Gasteiger partial charge in [0.1, 0.15) is 0 Å². The lowest BCUT2D eigenvalue weighted by Crippen LogP contribution is -1.94. The summed E-state index contributed by atoms with van der Waals surface area (Å²) in [4.78, 5) is 8.96. The SMILES string of the molecule is N#CCc1ccc(Nc2ccnc3ccc(-c4cncc5ccccc45)cc23)cc1. The predicted octanol–water partition coefficient (Wildman–Crippen LogP) is 6.26. The molecule has 0 radical (unpaired) electrons. The Hall–Kier alpha value is -4.23. The minimum atomic E-state index is 0.418. The topological polar surface area (TPSA) is 61.6 Å². The van der Waals surface area contributed by atoms with Gasteiger partial charge in [-0.15, -0.1) is 0 Å². The number of nitrogens with one attached hydrogen (secondary N) is 1. The van der Waals surface area contributed by atoms with Crippen molar-refractivity contribution in [2.75, 3.05) is 5.32 Å². The van der Waals surface area contributed by atoms with Gasteiger partial charge in [-0.25, -0.2) is 0 Å². The lowest BCUT2D eigenvalue weighted by molar-refractivity contribution is 1.26. The van der Waals surface area contributed by atoms with Gasteiger partial charge in [-0.1, -0.05) is 42.5 Å². The zero-order valence-corrected chi connectivity index (χ0v) is 16.2. The van der Waals surface area contributed by atoms with E-state index in [2.05, 4.69) is 51.7 Å². The van der Waals surface area contributed by atoms with Crippen LogP contribution in [0, 0.1) is 11.3 Å². The number of hydrogen-bond acceptors (Lipinski definition) is 4. The maximum Gasteiger partial charge on any atom is 0.0723 e. The Labute approximate surface area is 174 Å². The predicted molar refractivity (Wildman–Crippen MR) is 122 cm³/mol. The average molecular weight is 386 g/mol. The Morgan fingerprint density at radius 1 is 0.867 bits per heavy atom. The molecule has 3 aromatic carbocycles. The Kier molecular flexibility index (Phi) is 4.55. The number of anilines is 2. The van der Waals surface area contributed by atoms with Gasteiger partial charge in [0.05, 0.1) is 18.0 Å². The van der Waals surface area contributed by atoms with Gasteiger partial charge in [0.2, 0.25) is 0 Å². The summed E-state index contributed by atoms with van der Waals surface area (Å²) in [5.41, 5.74) is 6.11. The van der Waals surface area contributed by atoms with Crippen LogP contribution in [0.2, 0.25) is 0 Å². The first-order valence-corrected chi connectivity index (χ1v) is 9.77. The van der Waals surface area contributed by atoms with E-state index in [4.69, 9.17) is 5.26 Å². The minimum absolute atomic E-state index is 0.418. The molecule has 0 amide bonds. The molecule has 0 atom stereocenters. The normalized spacial score (nSPS) is 10.8. The van der Waals surface area contributed by atoms with Crippen LogP contribution in [0.25, 0.3) is 32.8 Å². The molecule has 142 valence electrons. The molecule has 0 bridgehead atoms. The molecule has 4 heteroatoms. The fourth-order valence-electron chi connectivity index (χ4n) is 3.72. The van der Waals surface area contributed by atoms with Crippen LogP contribution in [-0.2, 0) is 6.42 Å². The number of benzene rings is 3. The summed E-state index contributed by atoms with van der Waals surface area (Å²) in [6.07, 6.45) is 6.04. The summed E-state index contributed by atoms with van der Waals surface area (Å²) in [5.74, 6) is 0. The van der Waals surface area contributed by atoms with Crippen LogP contribution in [0.3, 0.4) is 0 Å². The molecule has 5 rings (SSSR count). The Morgan fingerprint density at radius 2 is 1.73 bits per heavy atom. The van der Waals surface area contributed by atoms with Crippen molar-refractivity contribution < 1.29 is 0 Å². The Bertz CT molecular complexity index is 1390. The number of fused-ring (bicyclic) bond motifs is 2. The average Bonchev–Trinajstić information content (AvgIpc) is 2.80. The zero-order valence-electron chi connectivity index (χ0n) is 16.2. The van der Waals surface area contributed by atoms with Crippen molar-refractivity contribution in [2.24, 2.45) is 0 Å². The van der Waals surface area contributed by atoms with Crippen LogP contribution in [0.5, 0.6) is 0 Å². The highest BCUT2D eigenvalue weighted by Crippen LogP contribution is 2.32. The lowest BCUT2D eigenvalue weighted by Gasteiger charge is -2.12. The second kappa shape index (κ2) is 7.65. The van der Waals surface area contributed by atoms with Gasteiger partial charge < -0.3 is 5.32 Å². The maximum atomic E-state index is 8.85. The van der Waals surface area contributed by atoms with Crippen molar-refractivity contribution in [3.63, 3.8) is 0 Å². The third kappa shape index (κ3) is 3.34. The molecule has 2 aromatic heterocycles. The molecule has 0 saturated heterocycles. The van der Waals surface area contributed by atoms with E-state index >= 15 is 0 Å². The minimum Gasteiger partial charge on any atom is -0.355 e. The number of pyridine rings is 2. The highest BCUT2D eigenvalue weighted by atomic mass is 14.9. The van der Waals surface area contributed by atoms with E-state index in [0.717, 1.165) is 44.4 Å². The molecule has 1 N–H and O–H groups in total. The molecule has 0 aliphatic rings. The molecule has 0 aliphatic heterocycles. The highest BCUT2D eigenvalue weighted by Gasteiger charge is 2.08. The van der Waals surface area contributed by atoms with Crippen molar-refractivity contribution in [3.05, 3.63) is 97.0 Å². The van der Waals surface area contributed by atoms with Crippen molar-refractivity contribution in [1.82, 2.24) is 9.97 Å². The van der Waals surface area contributed by atoms with Crippen LogP contribution in [-0.4, -0.2) is 9.97 Å². The van der Waals surface area contributed by atoms with Gasteiger partial charge >= 0.3 is 0 Å². The van der Waals surface area contributed by atoms with E-state index in [1.165, 1.54) is 5.39 Å². The van der Waals surface area contributed by atoms with Crippen LogP contribution >= 0.6 is 0 Å². The Morgan fingerprint density at radius 3 is 2.60 bits per heavy atom. The van der Waals surface area contributed by atoms with Crippen LogP contribution in [0.15, 0.2) is 91.4 Å². The molecule has 0 fully saturated rings. The molecule has 0 spiro atoms. The first-order valence-electron chi connectivity index (χ1n) is 9.77. The van der Waals surface area contributed by atoms with Crippen molar-refractivity contribution >= 4 is 33.1 Å². The molecule has 0 saturated carbocycles. The molecule has 30 heavy (non-hydrogen) atoms. The van der Waals surface area contributed by atoms with Gasteiger partial charge in [0.15, 0.2) is 0 Å². The third-order valence-corrected chi connectivity index (χ3v) is 5.24. The molecular formula is C26H18N4. The molecule has 0 aliphatic carbocycles. The van der Waals surface area contributed by atoms with Gasteiger partial charge in [-0.3, -0.25) is 9.97 Å². The van der Waals surface area contributed by atoms with Gasteiger partial charge in [-0.2, -0.15) is 5.26 Å². The number of nitriles is 1. The quantitative estimate of drug-likeness (QED) is 0.396. The van der Waals surface area contributed by atoms with Crippen LogP contribution < -0.4 is 5.32 Å². The Balaban J connectivity index is 1.58. The van der Waals surface area contributed by atoms with E-state index in [1.807, 2.05) is 61.1 Å². The van der Waals surface area contributed by atoms with Gasteiger partial charge in [0.25, 0.3) is 0 Å². The van der Waals surface area contributed by atoms with Crippen molar-refractivity contribution in [1.29, 1.82) is 5.26 Å². The molecular weight excluding hydrogens is 368 g/mol. The second-order valence-corrected chi connectivity index (χ2v) is 7.16. The molecule has 2 heterocycles. The van der Waals surface area contributed by atoms with E-state index < -0.39 is 0 Å². The van der Waals surface area contributed by atoms with Gasteiger partial charge in [-0.05, 0) is 46.8 Å². The number of rotatable bonds is 4. The molecule has 0 unspecified atom stereocenters. The summed E-state index contributed by atoms with van der Waals surface area (Å²) >= 11 is 0. The standard InChI is InChI=1S/C26H18N4/c27-13-11-18-5-8-21(9-6-18)30-26-12-14-29-25-10-7-19(15-23(25)26)24-17-28-16-20-3-1-2-4-22(20)24/h1-10,12,14-17H,11H2,(H,29,30). The van der Waals surface area contributed by atoms with Crippen molar-refractivity contribution in [2.45, 2.75) is 6.42 Å².